The summed E-state index contributed by atoms with van der Waals surface area (Å²) in [6.07, 6.45) is 17.6. The van der Waals surface area contributed by atoms with Gasteiger partial charge >= 0.3 is 0 Å². The highest BCUT2D eigenvalue weighted by Crippen LogP contribution is 2.67. The Morgan fingerprint density at radius 3 is 2.47 bits per heavy atom. The Balaban J connectivity index is 1.26. The fourth-order valence-corrected chi connectivity index (χ4v) is 10.0. The smallest absolute Gasteiger partial charge is 0.0524 e. The Morgan fingerprint density at radius 2 is 1.74 bits per heavy atom. The minimum absolute atomic E-state index is 0.550. The first-order valence-corrected chi connectivity index (χ1v) is 14.8. The van der Waals surface area contributed by atoms with Gasteiger partial charge in [-0.25, -0.2) is 0 Å². The van der Waals surface area contributed by atoms with E-state index in [2.05, 4.69) is 58.6 Å². The minimum Gasteiger partial charge on any atom is -0.381 e. The Labute approximate surface area is 209 Å². The van der Waals surface area contributed by atoms with Crippen LogP contribution in [0.25, 0.3) is 0 Å². The summed E-state index contributed by atoms with van der Waals surface area (Å²) < 4.78 is 8.10. The lowest BCUT2D eigenvalue weighted by atomic mass is 9.45. The van der Waals surface area contributed by atoms with E-state index in [0.29, 0.717) is 22.7 Å². The van der Waals surface area contributed by atoms with Gasteiger partial charge in [0.1, 0.15) is 0 Å². The molecule has 0 spiro atoms. The van der Waals surface area contributed by atoms with Crippen molar-refractivity contribution in [2.45, 2.75) is 112 Å². The van der Waals surface area contributed by atoms with Crippen LogP contribution in [0.1, 0.15) is 111 Å². The first-order chi connectivity index (χ1) is 16.2. The van der Waals surface area contributed by atoms with Gasteiger partial charge in [-0.15, -0.1) is 0 Å². The first kappa shape index (κ1) is 24.8. The van der Waals surface area contributed by atoms with Crippen molar-refractivity contribution < 1.29 is 4.74 Å². The molecule has 4 fully saturated rings. The number of aromatic nitrogens is 2. The molecule has 0 bridgehead atoms. The fourth-order valence-electron chi connectivity index (χ4n) is 10.0. The lowest BCUT2D eigenvalue weighted by molar-refractivity contribution is -0.112. The molecule has 9 atom stereocenters. The highest BCUT2D eigenvalue weighted by atomic mass is 16.5. The van der Waals surface area contributed by atoms with Crippen LogP contribution in [0.5, 0.6) is 0 Å². The molecule has 4 aliphatic rings. The molecule has 0 aliphatic heterocycles. The summed E-state index contributed by atoms with van der Waals surface area (Å²) in [5.74, 6) is 6.89. The van der Waals surface area contributed by atoms with Gasteiger partial charge in [0.05, 0.1) is 6.20 Å². The maximum atomic E-state index is 5.86. The van der Waals surface area contributed by atoms with Crippen LogP contribution < -0.4 is 0 Å². The van der Waals surface area contributed by atoms with Gasteiger partial charge in [0, 0.05) is 26.0 Å². The molecule has 192 valence electrons. The van der Waals surface area contributed by atoms with Crippen LogP contribution in [0.2, 0.25) is 0 Å². The SMILES string of the molecule is CCOCC1CCC2C3CCC4(C)C(C(C)Cn5cc(C(C)C)cn5)CCC4C3CC[C@]2(C)C1. The van der Waals surface area contributed by atoms with E-state index in [1.807, 2.05) is 0 Å². The summed E-state index contributed by atoms with van der Waals surface area (Å²) in [7, 11) is 0. The van der Waals surface area contributed by atoms with E-state index in [0.717, 1.165) is 55.3 Å². The van der Waals surface area contributed by atoms with Gasteiger partial charge < -0.3 is 4.74 Å². The topological polar surface area (TPSA) is 27.1 Å². The summed E-state index contributed by atoms with van der Waals surface area (Å²) in [5, 5.41) is 4.73. The van der Waals surface area contributed by atoms with E-state index in [-0.39, 0.29) is 0 Å². The van der Waals surface area contributed by atoms with E-state index in [4.69, 9.17) is 9.84 Å². The van der Waals surface area contributed by atoms with E-state index in [1.165, 1.54) is 63.4 Å². The van der Waals surface area contributed by atoms with Crippen LogP contribution >= 0.6 is 0 Å². The Bertz CT molecular complexity index is 831. The van der Waals surface area contributed by atoms with Crippen molar-refractivity contribution in [2.24, 2.45) is 52.3 Å². The van der Waals surface area contributed by atoms with Crippen molar-refractivity contribution in [3.63, 3.8) is 0 Å². The molecule has 0 amide bonds. The molecule has 1 aromatic rings. The predicted molar refractivity (Wildman–Crippen MR) is 141 cm³/mol. The summed E-state index contributed by atoms with van der Waals surface area (Å²) in [6, 6.07) is 0. The number of ether oxygens (including phenoxy) is 1. The normalized spacial score (nSPS) is 42.8. The minimum atomic E-state index is 0.550. The average molecular weight is 469 g/mol. The van der Waals surface area contributed by atoms with E-state index >= 15 is 0 Å². The summed E-state index contributed by atoms with van der Waals surface area (Å²) >= 11 is 0. The van der Waals surface area contributed by atoms with E-state index in [1.54, 1.807) is 0 Å². The Hall–Kier alpha value is -0.830. The van der Waals surface area contributed by atoms with Gasteiger partial charge in [-0.1, -0.05) is 34.6 Å². The molecule has 1 aromatic heterocycles. The molecule has 1 heterocycles. The quantitative estimate of drug-likeness (QED) is 0.406. The van der Waals surface area contributed by atoms with Crippen molar-refractivity contribution in [3.8, 4) is 0 Å². The maximum absolute atomic E-state index is 5.86. The summed E-state index contributed by atoms with van der Waals surface area (Å²) in [5.41, 5.74) is 2.51. The van der Waals surface area contributed by atoms with Crippen LogP contribution in [0.4, 0.5) is 0 Å². The fraction of sp³-hybridized carbons (Fsp3) is 0.903. The summed E-state index contributed by atoms with van der Waals surface area (Å²) in [4.78, 5) is 0. The number of rotatable bonds is 7. The van der Waals surface area contributed by atoms with Gasteiger partial charge in [-0.3, -0.25) is 4.68 Å². The Kier molecular flexibility index (Phi) is 6.99. The first-order valence-electron chi connectivity index (χ1n) is 14.8. The molecule has 0 aromatic carbocycles. The molecule has 8 unspecified atom stereocenters. The highest BCUT2D eigenvalue weighted by Gasteiger charge is 2.59. The van der Waals surface area contributed by atoms with Gasteiger partial charge in [-0.05, 0) is 128 Å². The van der Waals surface area contributed by atoms with Crippen LogP contribution in [0, 0.1) is 52.3 Å². The number of nitrogens with zero attached hydrogens (tertiary/aromatic N) is 2. The molecular weight excluding hydrogens is 416 g/mol. The molecule has 5 rings (SSSR count). The lowest BCUT2D eigenvalue weighted by Crippen LogP contribution is -2.52. The zero-order chi connectivity index (χ0) is 24.1. The molecule has 4 saturated carbocycles. The van der Waals surface area contributed by atoms with Crippen LogP contribution in [-0.4, -0.2) is 23.0 Å². The molecule has 34 heavy (non-hydrogen) atoms. The number of hydrogen-bond donors (Lipinski definition) is 0. The monoisotopic (exact) mass is 468 g/mol. The van der Waals surface area contributed by atoms with Crippen LogP contribution in [0.3, 0.4) is 0 Å². The van der Waals surface area contributed by atoms with Crippen molar-refractivity contribution >= 4 is 0 Å². The van der Waals surface area contributed by atoms with Crippen LogP contribution in [0.15, 0.2) is 12.4 Å². The molecule has 0 saturated heterocycles. The van der Waals surface area contributed by atoms with Crippen LogP contribution in [-0.2, 0) is 11.3 Å². The van der Waals surface area contributed by atoms with Gasteiger partial charge in [0.2, 0.25) is 0 Å². The third-order valence-corrected chi connectivity index (χ3v) is 11.7. The van der Waals surface area contributed by atoms with Gasteiger partial charge in [0.25, 0.3) is 0 Å². The molecule has 4 aliphatic carbocycles. The zero-order valence-electron chi connectivity index (χ0n) is 23.1. The molecule has 3 heteroatoms. The molecular formula is C31H52N2O. The predicted octanol–water partition coefficient (Wildman–Crippen LogP) is 7.95. The van der Waals surface area contributed by atoms with Gasteiger partial charge in [0.15, 0.2) is 0 Å². The van der Waals surface area contributed by atoms with Crippen molar-refractivity contribution in [3.05, 3.63) is 18.0 Å². The number of hydrogen-bond acceptors (Lipinski definition) is 2. The number of fused-ring (bicyclic) bond motifs is 5. The molecule has 0 N–H and O–H groups in total. The second-order valence-corrected chi connectivity index (χ2v) is 13.9. The second kappa shape index (κ2) is 9.56. The van der Waals surface area contributed by atoms with Crippen molar-refractivity contribution in [2.75, 3.05) is 13.2 Å². The summed E-state index contributed by atoms with van der Waals surface area (Å²) in [6.45, 7) is 17.5. The van der Waals surface area contributed by atoms with Crippen molar-refractivity contribution in [1.82, 2.24) is 9.78 Å². The Morgan fingerprint density at radius 1 is 1.00 bits per heavy atom. The third kappa shape index (κ3) is 4.31. The lowest BCUT2D eigenvalue weighted by Gasteiger charge is -2.60. The largest absolute Gasteiger partial charge is 0.381 e. The standard InChI is InChI=1S/C31H52N2O/c1-7-34-20-23-8-9-28-25-13-15-31(6)27(22(4)18-33-19-24(17-32-33)21(2)3)10-11-29(31)26(25)12-14-30(28,5)16-23/h17,19,21-23,25-29H,7-16,18,20H2,1-6H3/t22?,23?,25?,26?,27?,28?,29?,30-,31?/m1/s1. The second-order valence-electron chi connectivity index (χ2n) is 13.9. The van der Waals surface area contributed by atoms with E-state index in [9.17, 15) is 0 Å². The highest BCUT2D eigenvalue weighted by molar-refractivity contribution is 5.10. The van der Waals surface area contributed by atoms with E-state index < -0.39 is 0 Å². The molecule has 3 nitrogen and oxygen atoms in total. The maximum Gasteiger partial charge on any atom is 0.0524 e. The zero-order valence-corrected chi connectivity index (χ0v) is 23.1. The third-order valence-electron chi connectivity index (χ3n) is 11.7. The average Bonchev–Trinajstić information content (AvgIpc) is 3.41. The van der Waals surface area contributed by atoms with Crippen molar-refractivity contribution in [1.29, 1.82) is 0 Å². The molecule has 0 radical (unpaired) electrons. The van der Waals surface area contributed by atoms with Gasteiger partial charge in [-0.2, -0.15) is 5.10 Å².